The lowest BCUT2D eigenvalue weighted by molar-refractivity contribution is 0.0690. The molecule has 0 aromatic carbocycles. The summed E-state index contributed by atoms with van der Waals surface area (Å²) in [5.41, 5.74) is 5.17. The van der Waals surface area contributed by atoms with Gasteiger partial charge in [-0.3, -0.25) is 0 Å². The molecule has 0 aliphatic carbocycles. The highest BCUT2D eigenvalue weighted by Crippen LogP contribution is 1.93. The molecule has 5 heteroatoms. The van der Waals surface area contributed by atoms with E-state index in [1.165, 1.54) is 12.3 Å². The molecule has 0 radical (unpaired) electrons. The Kier molecular flexibility index (Phi) is 2.12. The molecule has 0 amide bonds. The number of carbonyl (C=O) groups is 1. The van der Waals surface area contributed by atoms with Gasteiger partial charge in [-0.1, -0.05) is 0 Å². The molecule has 0 unspecified atom stereocenters. The monoisotopic (exact) mass is 153 g/mol. The van der Waals surface area contributed by atoms with E-state index >= 15 is 0 Å². The van der Waals surface area contributed by atoms with E-state index in [0.717, 1.165) is 0 Å². The standard InChI is InChI=1S/C6H7N3O2/c7-3-5-8-2-1-4(9-5)6(10)11/h1-2H,3,7H2,(H,10,11). The van der Waals surface area contributed by atoms with Gasteiger partial charge in [0.25, 0.3) is 0 Å². The van der Waals surface area contributed by atoms with Crippen molar-refractivity contribution in [2.24, 2.45) is 5.73 Å². The molecule has 0 saturated carbocycles. The number of carboxylic acids is 1. The van der Waals surface area contributed by atoms with Crippen LogP contribution < -0.4 is 5.73 Å². The maximum Gasteiger partial charge on any atom is 0.354 e. The molecule has 0 bridgehead atoms. The fourth-order valence-corrected chi connectivity index (χ4v) is 0.617. The van der Waals surface area contributed by atoms with Gasteiger partial charge in [-0.2, -0.15) is 0 Å². The zero-order valence-corrected chi connectivity index (χ0v) is 5.69. The molecule has 1 aromatic heterocycles. The number of hydrogen-bond acceptors (Lipinski definition) is 4. The van der Waals surface area contributed by atoms with Crippen LogP contribution in [0, 0.1) is 0 Å². The van der Waals surface area contributed by atoms with Crippen molar-refractivity contribution in [1.29, 1.82) is 0 Å². The minimum Gasteiger partial charge on any atom is -0.477 e. The van der Waals surface area contributed by atoms with Crippen molar-refractivity contribution in [1.82, 2.24) is 9.97 Å². The molecule has 1 aromatic rings. The molecular formula is C6H7N3O2. The van der Waals surface area contributed by atoms with Crippen LogP contribution in [0.3, 0.4) is 0 Å². The van der Waals surface area contributed by atoms with Crippen LogP contribution in [0.2, 0.25) is 0 Å². The Bertz CT molecular complexity index is 274. The summed E-state index contributed by atoms with van der Waals surface area (Å²) < 4.78 is 0. The highest BCUT2D eigenvalue weighted by Gasteiger charge is 2.03. The number of nitrogens with zero attached hydrogens (tertiary/aromatic N) is 2. The van der Waals surface area contributed by atoms with Gasteiger partial charge in [-0.15, -0.1) is 0 Å². The van der Waals surface area contributed by atoms with Gasteiger partial charge in [-0.25, -0.2) is 14.8 Å². The lowest BCUT2D eigenvalue weighted by Crippen LogP contribution is -2.07. The topological polar surface area (TPSA) is 89.1 Å². The lowest BCUT2D eigenvalue weighted by atomic mass is 10.4. The summed E-state index contributed by atoms with van der Waals surface area (Å²) in [5.74, 6) is -0.730. The SMILES string of the molecule is NCc1nccc(C(=O)O)n1. The van der Waals surface area contributed by atoms with Crippen LogP contribution in [0.15, 0.2) is 12.3 Å². The van der Waals surface area contributed by atoms with Gasteiger partial charge in [0.2, 0.25) is 0 Å². The number of nitrogens with two attached hydrogens (primary N) is 1. The average molecular weight is 153 g/mol. The first kappa shape index (κ1) is 7.62. The van der Waals surface area contributed by atoms with Gasteiger partial charge in [0.05, 0.1) is 6.54 Å². The number of aromatic carboxylic acids is 1. The van der Waals surface area contributed by atoms with Crippen molar-refractivity contribution in [3.63, 3.8) is 0 Å². The zero-order valence-electron chi connectivity index (χ0n) is 5.69. The van der Waals surface area contributed by atoms with Crippen molar-refractivity contribution >= 4 is 5.97 Å². The maximum atomic E-state index is 10.3. The fraction of sp³-hybridized carbons (Fsp3) is 0.167. The maximum absolute atomic E-state index is 10.3. The number of hydrogen-bond donors (Lipinski definition) is 2. The minimum absolute atomic E-state index is 0.0274. The van der Waals surface area contributed by atoms with Gasteiger partial charge in [-0.05, 0) is 6.07 Å². The van der Waals surface area contributed by atoms with E-state index in [9.17, 15) is 4.79 Å². The highest BCUT2D eigenvalue weighted by atomic mass is 16.4. The molecular weight excluding hydrogens is 146 g/mol. The second-order valence-electron chi connectivity index (χ2n) is 1.87. The second kappa shape index (κ2) is 3.07. The van der Waals surface area contributed by atoms with Gasteiger partial charge in [0.15, 0.2) is 5.69 Å². The van der Waals surface area contributed by atoms with E-state index < -0.39 is 5.97 Å². The van der Waals surface area contributed by atoms with Crippen LogP contribution in [-0.2, 0) is 6.54 Å². The predicted molar refractivity (Wildman–Crippen MR) is 36.9 cm³/mol. The summed E-state index contributed by atoms with van der Waals surface area (Å²) in [4.78, 5) is 17.7. The summed E-state index contributed by atoms with van der Waals surface area (Å²) in [7, 11) is 0. The van der Waals surface area contributed by atoms with Gasteiger partial charge in [0.1, 0.15) is 5.82 Å². The first-order valence-electron chi connectivity index (χ1n) is 2.99. The molecule has 5 nitrogen and oxygen atoms in total. The third-order valence-corrected chi connectivity index (χ3v) is 1.11. The van der Waals surface area contributed by atoms with Crippen molar-refractivity contribution < 1.29 is 9.90 Å². The smallest absolute Gasteiger partial charge is 0.354 e. The quantitative estimate of drug-likeness (QED) is 0.605. The fourth-order valence-electron chi connectivity index (χ4n) is 0.617. The third-order valence-electron chi connectivity index (χ3n) is 1.11. The Balaban J connectivity index is 3.01. The first-order valence-corrected chi connectivity index (χ1v) is 2.99. The summed E-state index contributed by atoms with van der Waals surface area (Å²) in [6.07, 6.45) is 1.37. The molecule has 0 atom stereocenters. The molecule has 0 spiro atoms. The minimum atomic E-state index is -1.07. The Morgan fingerprint density at radius 1 is 1.73 bits per heavy atom. The number of carboxylic acid groups (broad SMARTS) is 1. The Labute approximate surface area is 62.9 Å². The second-order valence-corrected chi connectivity index (χ2v) is 1.87. The Morgan fingerprint density at radius 2 is 2.45 bits per heavy atom. The first-order chi connectivity index (χ1) is 5.24. The third kappa shape index (κ3) is 1.71. The molecule has 0 aliphatic rings. The number of aromatic nitrogens is 2. The van der Waals surface area contributed by atoms with Crippen LogP contribution in [0.4, 0.5) is 0 Å². The van der Waals surface area contributed by atoms with Crippen LogP contribution in [-0.4, -0.2) is 21.0 Å². The Morgan fingerprint density at radius 3 is 3.00 bits per heavy atom. The van der Waals surface area contributed by atoms with Gasteiger partial charge < -0.3 is 10.8 Å². The van der Waals surface area contributed by atoms with Crippen molar-refractivity contribution in [3.05, 3.63) is 23.8 Å². The molecule has 58 valence electrons. The summed E-state index contributed by atoms with van der Waals surface area (Å²) in [6.45, 7) is 0.154. The molecule has 1 rings (SSSR count). The summed E-state index contributed by atoms with van der Waals surface area (Å²) in [6, 6.07) is 1.32. The largest absolute Gasteiger partial charge is 0.477 e. The van der Waals surface area contributed by atoms with Crippen LogP contribution >= 0.6 is 0 Å². The molecule has 3 N–H and O–H groups in total. The van der Waals surface area contributed by atoms with Crippen molar-refractivity contribution in [2.75, 3.05) is 0 Å². The van der Waals surface area contributed by atoms with E-state index in [1.54, 1.807) is 0 Å². The summed E-state index contributed by atoms with van der Waals surface area (Å²) in [5, 5.41) is 8.47. The molecule has 0 aliphatic heterocycles. The molecule has 0 saturated heterocycles. The van der Waals surface area contributed by atoms with Crippen LogP contribution in [0.5, 0.6) is 0 Å². The van der Waals surface area contributed by atoms with E-state index in [-0.39, 0.29) is 12.2 Å². The van der Waals surface area contributed by atoms with Gasteiger partial charge >= 0.3 is 5.97 Å². The molecule has 1 heterocycles. The van der Waals surface area contributed by atoms with E-state index in [2.05, 4.69) is 9.97 Å². The van der Waals surface area contributed by atoms with Gasteiger partial charge in [0, 0.05) is 6.20 Å². The molecule has 11 heavy (non-hydrogen) atoms. The highest BCUT2D eigenvalue weighted by molar-refractivity contribution is 5.85. The Hall–Kier alpha value is -1.49. The van der Waals surface area contributed by atoms with Crippen molar-refractivity contribution in [2.45, 2.75) is 6.54 Å². The van der Waals surface area contributed by atoms with E-state index in [0.29, 0.717) is 5.82 Å². The van der Waals surface area contributed by atoms with Crippen LogP contribution in [0.25, 0.3) is 0 Å². The van der Waals surface area contributed by atoms with E-state index in [4.69, 9.17) is 10.8 Å². The number of rotatable bonds is 2. The van der Waals surface area contributed by atoms with Crippen molar-refractivity contribution in [3.8, 4) is 0 Å². The lowest BCUT2D eigenvalue weighted by Gasteiger charge is -1.95. The predicted octanol–water partition coefficient (Wildman–Crippen LogP) is -0.367. The molecule has 0 fully saturated rings. The van der Waals surface area contributed by atoms with Crippen LogP contribution in [0.1, 0.15) is 16.3 Å². The average Bonchev–Trinajstić information content (AvgIpc) is 2.05. The summed E-state index contributed by atoms with van der Waals surface area (Å²) >= 11 is 0. The zero-order chi connectivity index (χ0) is 8.27. The van der Waals surface area contributed by atoms with E-state index in [1.807, 2.05) is 0 Å². The normalized spacial score (nSPS) is 9.55.